The van der Waals surface area contributed by atoms with E-state index in [1.807, 2.05) is 24.3 Å². The third-order valence-corrected chi connectivity index (χ3v) is 4.52. The first-order valence-corrected chi connectivity index (χ1v) is 9.05. The second-order valence-electron chi connectivity index (χ2n) is 6.47. The van der Waals surface area contributed by atoms with Gasteiger partial charge < -0.3 is 20.7 Å². The number of unbranched alkanes of at least 4 members (excludes halogenated alkanes) is 3. The van der Waals surface area contributed by atoms with Crippen molar-refractivity contribution in [1.29, 1.82) is 0 Å². The zero-order valence-electron chi connectivity index (χ0n) is 15.0. The Balaban J connectivity index is 1.73. The molecule has 1 fully saturated rings. The van der Waals surface area contributed by atoms with E-state index < -0.39 is 0 Å². The number of ether oxygens (including phenoxy) is 1. The first kappa shape index (κ1) is 19.2. The van der Waals surface area contributed by atoms with Crippen LogP contribution in [0, 0.1) is 0 Å². The molecule has 0 aromatic heterocycles. The Morgan fingerprint density at radius 3 is 2.64 bits per heavy atom. The van der Waals surface area contributed by atoms with E-state index in [4.69, 9.17) is 10.5 Å². The van der Waals surface area contributed by atoms with Crippen LogP contribution in [-0.2, 0) is 16.1 Å². The van der Waals surface area contributed by atoms with Crippen molar-refractivity contribution in [3.63, 3.8) is 0 Å². The van der Waals surface area contributed by atoms with E-state index >= 15 is 0 Å². The largest absolute Gasteiger partial charge is 0.497 e. The molecule has 0 bridgehead atoms. The summed E-state index contributed by atoms with van der Waals surface area (Å²) in [6, 6.07) is 7.31. The van der Waals surface area contributed by atoms with Crippen LogP contribution in [0.4, 0.5) is 0 Å². The van der Waals surface area contributed by atoms with Crippen molar-refractivity contribution in [2.75, 3.05) is 20.2 Å². The van der Waals surface area contributed by atoms with Crippen molar-refractivity contribution in [2.45, 2.75) is 51.1 Å². The van der Waals surface area contributed by atoms with Gasteiger partial charge in [0.15, 0.2) is 0 Å². The molecule has 6 nitrogen and oxygen atoms in total. The van der Waals surface area contributed by atoms with Crippen LogP contribution in [0.1, 0.15) is 44.1 Å². The molecule has 0 aliphatic carbocycles. The number of likely N-dealkylation sites (tertiary alicyclic amines) is 1. The lowest BCUT2D eigenvalue weighted by molar-refractivity contribution is -0.133. The van der Waals surface area contributed by atoms with Crippen molar-refractivity contribution in [3.8, 4) is 5.75 Å². The lowest BCUT2D eigenvalue weighted by Crippen LogP contribution is -2.41. The van der Waals surface area contributed by atoms with Crippen molar-refractivity contribution in [3.05, 3.63) is 29.8 Å². The minimum absolute atomic E-state index is 0.00676. The Morgan fingerprint density at radius 1 is 1.24 bits per heavy atom. The van der Waals surface area contributed by atoms with Gasteiger partial charge in [-0.1, -0.05) is 25.0 Å². The summed E-state index contributed by atoms with van der Waals surface area (Å²) < 4.78 is 5.14. The predicted molar refractivity (Wildman–Crippen MR) is 97.1 cm³/mol. The number of carbonyl (C=O) groups is 2. The molecule has 1 unspecified atom stereocenters. The number of nitrogens with one attached hydrogen (secondary N) is 1. The molecule has 1 aromatic carbocycles. The van der Waals surface area contributed by atoms with Crippen LogP contribution in [-0.4, -0.2) is 43.0 Å². The van der Waals surface area contributed by atoms with E-state index in [9.17, 15) is 9.59 Å². The smallest absolute Gasteiger partial charge is 0.245 e. The number of methoxy groups -OCH3 is 1. The Labute approximate surface area is 149 Å². The summed E-state index contributed by atoms with van der Waals surface area (Å²) in [4.78, 5) is 26.2. The summed E-state index contributed by atoms with van der Waals surface area (Å²) in [6.07, 6.45) is 5.07. The van der Waals surface area contributed by atoms with Crippen molar-refractivity contribution >= 4 is 11.8 Å². The highest BCUT2D eigenvalue weighted by atomic mass is 16.5. The Hall–Kier alpha value is -2.08. The molecule has 25 heavy (non-hydrogen) atoms. The molecule has 1 saturated heterocycles. The summed E-state index contributed by atoms with van der Waals surface area (Å²) in [5.41, 5.74) is 6.51. The monoisotopic (exact) mass is 347 g/mol. The number of hydrogen-bond acceptors (Lipinski definition) is 4. The number of carbonyl (C=O) groups excluding carboxylic acids is 2. The molecule has 3 N–H and O–H groups in total. The third kappa shape index (κ3) is 6.05. The maximum Gasteiger partial charge on any atom is 0.245 e. The summed E-state index contributed by atoms with van der Waals surface area (Å²) in [6.45, 7) is 1.94. The Kier molecular flexibility index (Phi) is 7.73. The molecule has 1 heterocycles. The first-order chi connectivity index (χ1) is 12.1. The molecule has 6 heteroatoms. The zero-order valence-corrected chi connectivity index (χ0v) is 15.0. The highest BCUT2D eigenvalue weighted by Gasteiger charge is 2.32. The first-order valence-electron chi connectivity index (χ1n) is 9.05. The molecule has 1 atom stereocenters. The van der Waals surface area contributed by atoms with Gasteiger partial charge in [0.25, 0.3) is 0 Å². The molecule has 0 spiro atoms. The molecule has 0 radical (unpaired) electrons. The van der Waals surface area contributed by atoms with Gasteiger partial charge in [-0.2, -0.15) is 0 Å². The predicted octanol–water partition coefficient (Wildman–Crippen LogP) is 1.82. The second-order valence-corrected chi connectivity index (χ2v) is 6.47. The SMILES string of the molecule is COc1ccc(CN2CCC(NC(=O)CCCCCCN)C2=O)cc1. The molecule has 1 aromatic rings. The molecule has 2 rings (SSSR count). The minimum atomic E-state index is -0.380. The van der Waals surface area contributed by atoms with Gasteiger partial charge in [-0.15, -0.1) is 0 Å². The van der Waals surface area contributed by atoms with Crippen LogP contribution in [0.25, 0.3) is 0 Å². The van der Waals surface area contributed by atoms with E-state index in [0.29, 0.717) is 32.5 Å². The van der Waals surface area contributed by atoms with Gasteiger partial charge in [0.2, 0.25) is 11.8 Å². The number of nitrogens with two attached hydrogens (primary N) is 1. The van der Waals surface area contributed by atoms with Crippen molar-refractivity contribution in [2.24, 2.45) is 5.73 Å². The number of benzene rings is 1. The van der Waals surface area contributed by atoms with E-state index in [1.54, 1.807) is 12.0 Å². The van der Waals surface area contributed by atoms with E-state index in [-0.39, 0.29) is 17.9 Å². The summed E-state index contributed by atoms with van der Waals surface area (Å²) in [7, 11) is 1.63. The second kappa shape index (κ2) is 10.0. The van der Waals surface area contributed by atoms with Crippen LogP contribution in [0.15, 0.2) is 24.3 Å². The average molecular weight is 347 g/mol. The molecule has 2 amide bonds. The molecule has 1 aliphatic heterocycles. The van der Waals surface area contributed by atoms with Crippen molar-refractivity contribution in [1.82, 2.24) is 10.2 Å². The molecule has 0 saturated carbocycles. The normalized spacial score (nSPS) is 17.0. The van der Waals surface area contributed by atoms with E-state index in [0.717, 1.165) is 37.0 Å². The van der Waals surface area contributed by atoms with Crippen LogP contribution in [0.2, 0.25) is 0 Å². The van der Waals surface area contributed by atoms with E-state index in [2.05, 4.69) is 5.32 Å². The van der Waals surface area contributed by atoms with Crippen LogP contribution in [0.5, 0.6) is 5.75 Å². The molecular weight excluding hydrogens is 318 g/mol. The minimum Gasteiger partial charge on any atom is -0.497 e. The van der Waals surface area contributed by atoms with Crippen molar-refractivity contribution < 1.29 is 14.3 Å². The number of hydrogen-bond donors (Lipinski definition) is 2. The Morgan fingerprint density at radius 2 is 1.96 bits per heavy atom. The fraction of sp³-hybridized carbons (Fsp3) is 0.579. The highest BCUT2D eigenvalue weighted by molar-refractivity contribution is 5.89. The van der Waals surface area contributed by atoms with Gasteiger partial charge in [-0.3, -0.25) is 9.59 Å². The maximum absolute atomic E-state index is 12.5. The molecular formula is C19H29N3O3. The summed E-state index contributed by atoms with van der Waals surface area (Å²) in [5.74, 6) is 0.776. The number of rotatable bonds is 10. The lowest BCUT2D eigenvalue weighted by atomic mass is 10.1. The van der Waals surface area contributed by atoms with E-state index in [1.165, 1.54) is 0 Å². The summed E-state index contributed by atoms with van der Waals surface area (Å²) in [5, 5.41) is 2.88. The van der Waals surface area contributed by atoms with Gasteiger partial charge in [-0.05, 0) is 43.5 Å². The summed E-state index contributed by atoms with van der Waals surface area (Å²) >= 11 is 0. The van der Waals surface area contributed by atoms with Gasteiger partial charge in [0.1, 0.15) is 11.8 Å². The average Bonchev–Trinajstić information content (AvgIpc) is 2.95. The Bertz CT molecular complexity index is 560. The highest BCUT2D eigenvalue weighted by Crippen LogP contribution is 2.18. The molecule has 138 valence electrons. The van der Waals surface area contributed by atoms with Crippen LogP contribution >= 0.6 is 0 Å². The fourth-order valence-electron chi connectivity index (χ4n) is 3.03. The fourth-order valence-corrected chi connectivity index (χ4v) is 3.03. The quantitative estimate of drug-likeness (QED) is 0.632. The van der Waals surface area contributed by atoms with Crippen LogP contribution < -0.4 is 15.8 Å². The third-order valence-electron chi connectivity index (χ3n) is 4.52. The zero-order chi connectivity index (χ0) is 18.1. The van der Waals surface area contributed by atoms with Gasteiger partial charge >= 0.3 is 0 Å². The number of nitrogens with zero attached hydrogens (tertiary/aromatic N) is 1. The maximum atomic E-state index is 12.5. The van der Waals surface area contributed by atoms with Gasteiger partial charge in [0, 0.05) is 19.5 Å². The number of amides is 2. The lowest BCUT2D eigenvalue weighted by Gasteiger charge is -2.17. The van der Waals surface area contributed by atoms with Crippen LogP contribution in [0.3, 0.4) is 0 Å². The molecule has 1 aliphatic rings. The van der Waals surface area contributed by atoms with Gasteiger partial charge in [-0.25, -0.2) is 0 Å². The standard InChI is InChI=1S/C19H29N3O3/c1-25-16-9-7-15(8-10-16)14-22-13-11-17(19(22)24)21-18(23)6-4-2-3-5-12-20/h7-10,17H,2-6,11-14,20H2,1H3,(H,21,23). The topological polar surface area (TPSA) is 84.7 Å². The van der Waals surface area contributed by atoms with Gasteiger partial charge in [0.05, 0.1) is 7.11 Å².